The topological polar surface area (TPSA) is 66.6 Å². The first-order chi connectivity index (χ1) is 9.11. The van der Waals surface area contributed by atoms with Crippen molar-refractivity contribution in [2.45, 2.75) is 19.9 Å². The van der Waals surface area contributed by atoms with Gasteiger partial charge in [-0.25, -0.2) is 0 Å². The Bertz CT molecular complexity index is 486. The summed E-state index contributed by atoms with van der Waals surface area (Å²) in [7, 11) is 0. The average Bonchev–Trinajstić information content (AvgIpc) is 2.41. The second kappa shape index (κ2) is 7.57. The van der Waals surface area contributed by atoms with Crippen molar-refractivity contribution in [2.24, 2.45) is 5.73 Å². The Morgan fingerprint density at radius 3 is 2.68 bits per heavy atom. The van der Waals surface area contributed by atoms with Gasteiger partial charge >= 0.3 is 0 Å². The molecule has 0 atom stereocenters. The van der Waals surface area contributed by atoms with E-state index in [2.05, 4.69) is 11.8 Å². The number of nitrogens with two attached hydrogens (primary N) is 1. The smallest absolute Gasteiger partial charge is 0.255 e. The second-order valence-corrected chi connectivity index (χ2v) is 4.37. The monoisotopic (exact) mass is 260 g/mol. The van der Waals surface area contributed by atoms with Crippen LogP contribution in [0.15, 0.2) is 24.3 Å². The molecule has 0 aromatic heterocycles. The molecule has 0 aliphatic carbocycles. The van der Waals surface area contributed by atoms with Crippen LogP contribution in [0, 0.1) is 11.8 Å². The van der Waals surface area contributed by atoms with Gasteiger partial charge in [-0.3, -0.25) is 4.79 Å². The van der Waals surface area contributed by atoms with Gasteiger partial charge in [0.15, 0.2) is 0 Å². The molecular formula is C15H20N2O2. The molecule has 0 bridgehead atoms. The fraction of sp³-hybridized carbons (Fsp3) is 0.400. The molecule has 0 saturated heterocycles. The van der Waals surface area contributed by atoms with Crippen LogP contribution in [0.2, 0.25) is 0 Å². The number of hydrogen-bond acceptors (Lipinski definition) is 3. The van der Waals surface area contributed by atoms with Crippen molar-refractivity contribution in [2.75, 3.05) is 19.7 Å². The summed E-state index contributed by atoms with van der Waals surface area (Å²) >= 11 is 0. The number of hydrogen-bond donors (Lipinski definition) is 2. The molecule has 0 spiro atoms. The highest BCUT2D eigenvalue weighted by molar-refractivity contribution is 5.96. The second-order valence-electron chi connectivity index (χ2n) is 4.37. The zero-order valence-corrected chi connectivity index (χ0v) is 11.4. The van der Waals surface area contributed by atoms with Crippen molar-refractivity contribution >= 4 is 5.91 Å². The summed E-state index contributed by atoms with van der Waals surface area (Å²) in [5, 5.41) is 9.05. The molecule has 0 unspecified atom stereocenters. The van der Waals surface area contributed by atoms with Crippen molar-refractivity contribution in [1.29, 1.82) is 0 Å². The first-order valence-electron chi connectivity index (χ1n) is 6.31. The quantitative estimate of drug-likeness (QED) is 0.788. The molecule has 4 nitrogen and oxygen atoms in total. The fourth-order valence-corrected chi connectivity index (χ4v) is 1.78. The van der Waals surface area contributed by atoms with Crippen LogP contribution in [0.25, 0.3) is 0 Å². The third-order valence-electron chi connectivity index (χ3n) is 2.71. The molecule has 1 amide bonds. The van der Waals surface area contributed by atoms with E-state index in [-0.39, 0.29) is 25.1 Å². The number of nitrogens with zero attached hydrogens (tertiary/aromatic N) is 1. The van der Waals surface area contributed by atoms with E-state index in [0.717, 1.165) is 0 Å². The van der Waals surface area contributed by atoms with Crippen LogP contribution in [-0.4, -0.2) is 41.7 Å². The van der Waals surface area contributed by atoms with E-state index in [1.165, 1.54) is 0 Å². The largest absolute Gasteiger partial charge is 0.395 e. The molecule has 1 aromatic carbocycles. The predicted octanol–water partition coefficient (Wildman–Crippen LogP) is 0.840. The fourth-order valence-electron chi connectivity index (χ4n) is 1.78. The summed E-state index contributed by atoms with van der Waals surface area (Å²) in [6.45, 7) is 4.35. The molecule has 102 valence electrons. The SMILES string of the molecule is CC(C)N(CCO)C(=O)c1ccccc1C#CCN. The van der Waals surface area contributed by atoms with Gasteiger partial charge in [0.1, 0.15) is 0 Å². The van der Waals surface area contributed by atoms with E-state index in [9.17, 15) is 4.79 Å². The molecule has 19 heavy (non-hydrogen) atoms. The Kier molecular flexibility index (Phi) is 6.07. The molecule has 0 heterocycles. The summed E-state index contributed by atoms with van der Waals surface area (Å²) in [5.74, 6) is 5.54. The molecule has 0 saturated carbocycles. The Balaban J connectivity index is 3.10. The molecule has 3 N–H and O–H groups in total. The van der Waals surface area contributed by atoms with E-state index in [1.54, 1.807) is 23.1 Å². The van der Waals surface area contributed by atoms with Crippen molar-refractivity contribution < 1.29 is 9.90 Å². The minimum absolute atomic E-state index is 0.0233. The number of benzene rings is 1. The first-order valence-corrected chi connectivity index (χ1v) is 6.31. The third-order valence-corrected chi connectivity index (χ3v) is 2.71. The van der Waals surface area contributed by atoms with Crippen LogP contribution >= 0.6 is 0 Å². The van der Waals surface area contributed by atoms with Crippen LogP contribution < -0.4 is 5.73 Å². The van der Waals surface area contributed by atoms with Crippen LogP contribution in [0.5, 0.6) is 0 Å². The van der Waals surface area contributed by atoms with Gasteiger partial charge in [-0.15, -0.1) is 0 Å². The van der Waals surface area contributed by atoms with Gasteiger partial charge in [0, 0.05) is 18.2 Å². The van der Waals surface area contributed by atoms with Crippen molar-refractivity contribution in [1.82, 2.24) is 4.90 Å². The minimum Gasteiger partial charge on any atom is -0.395 e. The Morgan fingerprint density at radius 2 is 2.11 bits per heavy atom. The summed E-state index contributed by atoms with van der Waals surface area (Å²) in [6.07, 6.45) is 0. The molecule has 0 aliphatic rings. The summed E-state index contributed by atoms with van der Waals surface area (Å²) < 4.78 is 0. The average molecular weight is 260 g/mol. The van der Waals surface area contributed by atoms with E-state index < -0.39 is 0 Å². The number of aliphatic hydroxyl groups excluding tert-OH is 1. The summed E-state index contributed by atoms with van der Waals surface area (Å²) in [4.78, 5) is 14.1. The lowest BCUT2D eigenvalue weighted by Crippen LogP contribution is -2.39. The van der Waals surface area contributed by atoms with Crippen LogP contribution in [0.1, 0.15) is 29.8 Å². The Hall–Kier alpha value is -1.83. The first kappa shape index (κ1) is 15.2. The molecule has 0 fully saturated rings. The Morgan fingerprint density at radius 1 is 1.42 bits per heavy atom. The molecule has 0 radical (unpaired) electrons. The van der Waals surface area contributed by atoms with E-state index >= 15 is 0 Å². The number of carbonyl (C=O) groups is 1. The maximum Gasteiger partial charge on any atom is 0.255 e. The van der Waals surface area contributed by atoms with Gasteiger partial charge in [-0.05, 0) is 26.0 Å². The Labute approximate surface area is 114 Å². The predicted molar refractivity (Wildman–Crippen MR) is 75.6 cm³/mol. The molecule has 4 heteroatoms. The zero-order valence-electron chi connectivity index (χ0n) is 11.4. The standard InChI is InChI=1S/C15H20N2O2/c1-12(2)17(10-11-18)15(19)14-8-4-3-6-13(14)7-5-9-16/h3-4,6,8,12,18H,9-11,16H2,1-2H3. The van der Waals surface area contributed by atoms with E-state index in [1.807, 2.05) is 19.9 Å². The lowest BCUT2D eigenvalue weighted by molar-refractivity contribution is 0.0665. The number of aliphatic hydroxyl groups is 1. The van der Waals surface area contributed by atoms with Crippen LogP contribution in [0.4, 0.5) is 0 Å². The number of amides is 1. The summed E-state index contributed by atoms with van der Waals surface area (Å²) in [6, 6.07) is 7.21. The van der Waals surface area contributed by atoms with Crippen molar-refractivity contribution in [3.05, 3.63) is 35.4 Å². The van der Waals surface area contributed by atoms with E-state index in [0.29, 0.717) is 17.7 Å². The number of rotatable bonds is 4. The van der Waals surface area contributed by atoms with Gasteiger partial charge in [0.2, 0.25) is 0 Å². The van der Waals surface area contributed by atoms with Crippen LogP contribution in [-0.2, 0) is 0 Å². The zero-order chi connectivity index (χ0) is 14.3. The highest BCUT2D eigenvalue weighted by Gasteiger charge is 2.19. The van der Waals surface area contributed by atoms with Gasteiger partial charge in [-0.1, -0.05) is 24.0 Å². The van der Waals surface area contributed by atoms with Crippen molar-refractivity contribution in [3.8, 4) is 11.8 Å². The van der Waals surface area contributed by atoms with Gasteiger partial charge in [-0.2, -0.15) is 0 Å². The lowest BCUT2D eigenvalue weighted by atomic mass is 10.1. The minimum atomic E-state index is -0.119. The molecule has 1 rings (SSSR count). The summed E-state index contributed by atoms with van der Waals surface area (Å²) in [5.41, 5.74) is 6.57. The van der Waals surface area contributed by atoms with Crippen LogP contribution in [0.3, 0.4) is 0 Å². The molecular weight excluding hydrogens is 240 g/mol. The number of carbonyl (C=O) groups excluding carboxylic acids is 1. The molecule has 0 aliphatic heterocycles. The van der Waals surface area contributed by atoms with Gasteiger partial charge in [0.25, 0.3) is 5.91 Å². The highest BCUT2D eigenvalue weighted by Crippen LogP contribution is 2.13. The van der Waals surface area contributed by atoms with Gasteiger partial charge < -0.3 is 15.7 Å². The lowest BCUT2D eigenvalue weighted by Gasteiger charge is -2.26. The third kappa shape index (κ3) is 4.09. The maximum absolute atomic E-state index is 12.5. The van der Waals surface area contributed by atoms with E-state index in [4.69, 9.17) is 10.8 Å². The van der Waals surface area contributed by atoms with Crippen molar-refractivity contribution in [3.63, 3.8) is 0 Å². The highest BCUT2D eigenvalue weighted by atomic mass is 16.3. The molecule has 1 aromatic rings. The van der Waals surface area contributed by atoms with Gasteiger partial charge in [0.05, 0.1) is 18.7 Å². The normalized spacial score (nSPS) is 9.95. The maximum atomic E-state index is 12.5.